The van der Waals surface area contributed by atoms with Gasteiger partial charge in [-0.25, -0.2) is 0 Å². The molecule has 1 N–H and O–H groups in total. The van der Waals surface area contributed by atoms with Crippen molar-refractivity contribution in [1.82, 2.24) is 4.57 Å². The fraction of sp³-hybridized carbons (Fsp3) is 0.286. The van der Waals surface area contributed by atoms with Crippen molar-refractivity contribution in [3.05, 3.63) is 45.0 Å². The lowest BCUT2D eigenvalue weighted by molar-refractivity contribution is -0.116. The average Bonchev–Trinajstić information content (AvgIpc) is 2.73. The van der Waals surface area contributed by atoms with Crippen molar-refractivity contribution in [2.24, 2.45) is 0 Å². The minimum atomic E-state index is -0.249. The van der Waals surface area contributed by atoms with Gasteiger partial charge in [-0.2, -0.15) is 0 Å². The number of anilines is 1. The molecular weight excluding hydrogens is 276 g/mol. The first kappa shape index (κ1) is 14.3. The highest BCUT2D eigenvalue weighted by Crippen LogP contribution is 2.23. The van der Waals surface area contributed by atoms with Crippen molar-refractivity contribution < 1.29 is 9.53 Å². The van der Waals surface area contributed by atoms with Gasteiger partial charge in [0, 0.05) is 11.1 Å². The minimum absolute atomic E-state index is 0.00856. The summed E-state index contributed by atoms with van der Waals surface area (Å²) in [6, 6.07) is 7.22. The van der Waals surface area contributed by atoms with Gasteiger partial charge >= 0.3 is 4.87 Å². The maximum Gasteiger partial charge on any atom is 0.307 e. The van der Waals surface area contributed by atoms with Crippen LogP contribution in [0.25, 0.3) is 0 Å². The van der Waals surface area contributed by atoms with Crippen LogP contribution < -0.4 is 14.9 Å². The maximum absolute atomic E-state index is 12.0. The maximum atomic E-state index is 12.0. The number of aromatic nitrogens is 1. The van der Waals surface area contributed by atoms with Gasteiger partial charge in [-0.05, 0) is 26.0 Å². The second kappa shape index (κ2) is 6.38. The normalized spacial score (nSPS) is 10.3. The molecule has 0 spiro atoms. The molecule has 6 heteroatoms. The molecule has 1 heterocycles. The van der Waals surface area contributed by atoms with Gasteiger partial charge in [-0.15, -0.1) is 0 Å². The van der Waals surface area contributed by atoms with Crippen LogP contribution in [0, 0.1) is 6.92 Å². The smallest absolute Gasteiger partial charge is 0.307 e. The van der Waals surface area contributed by atoms with E-state index >= 15 is 0 Å². The molecule has 1 amide bonds. The van der Waals surface area contributed by atoms with Crippen LogP contribution in [0.4, 0.5) is 5.69 Å². The first-order valence-corrected chi connectivity index (χ1v) is 7.16. The van der Waals surface area contributed by atoms with Gasteiger partial charge in [0.05, 0.1) is 12.3 Å². The van der Waals surface area contributed by atoms with Crippen LogP contribution in [0.3, 0.4) is 0 Å². The van der Waals surface area contributed by atoms with Crippen LogP contribution in [-0.2, 0) is 11.3 Å². The monoisotopic (exact) mass is 292 g/mol. The SMILES string of the molecule is CCOc1ccccc1NC(=O)Cn1c(C)csc1=O. The van der Waals surface area contributed by atoms with Gasteiger partial charge in [-0.3, -0.25) is 14.2 Å². The summed E-state index contributed by atoms with van der Waals surface area (Å²) in [4.78, 5) is 23.5. The topological polar surface area (TPSA) is 60.3 Å². The van der Waals surface area contributed by atoms with Crippen molar-refractivity contribution in [2.45, 2.75) is 20.4 Å². The molecule has 106 valence electrons. The number of benzene rings is 1. The van der Waals surface area contributed by atoms with E-state index in [2.05, 4.69) is 5.32 Å². The Balaban J connectivity index is 2.11. The second-order valence-electron chi connectivity index (χ2n) is 4.21. The van der Waals surface area contributed by atoms with Gasteiger partial charge in [0.2, 0.25) is 5.91 Å². The van der Waals surface area contributed by atoms with Crippen LogP contribution in [-0.4, -0.2) is 17.1 Å². The molecule has 0 fully saturated rings. The zero-order valence-corrected chi connectivity index (χ0v) is 12.2. The van der Waals surface area contributed by atoms with Crippen molar-refractivity contribution in [2.75, 3.05) is 11.9 Å². The number of aryl methyl sites for hydroxylation is 1. The Labute approximate surface area is 120 Å². The Morgan fingerprint density at radius 1 is 1.40 bits per heavy atom. The van der Waals surface area contributed by atoms with Crippen LogP contribution in [0.5, 0.6) is 5.75 Å². The summed E-state index contributed by atoms with van der Waals surface area (Å²) in [5.74, 6) is 0.374. The van der Waals surface area contributed by atoms with Gasteiger partial charge in [0.1, 0.15) is 12.3 Å². The van der Waals surface area contributed by atoms with E-state index in [9.17, 15) is 9.59 Å². The van der Waals surface area contributed by atoms with Gasteiger partial charge in [0.15, 0.2) is 0 Å². The molecule has 0 saturated carbocycles. The highest BCUT2D eigenvalue weighted by molar-refractivity contribution is 7.07. The lowest BCUT2D eigenvalue weighted by Crippen LogP contribution is -2.25. The van der Waals surface area contributed by atoms with E-state index in [1.54, 1.807) is 24.4 Å². The Hall–Kier alpha value is -2.08. The number of nitrogens with one attached hydrogen (secondary N) is 1. The lowest BCUT2D eigenvalue weighted by Gasteiger charge is -2.11. The number of thiazole rings is 1. The molecule has 0 bridgehead atoms. The molecule has 0 aliphatic heterocycles. The molecular formula is C14H16N2O3S. The second-order valence-corrected chi connectivity index (χ2v) is 5.03. The number of carbonyl (C=O) groups is 1. The summed E-state index contributed by atoms with van der Waals surface area (Å²) >= 11 is 1.09. The van der Waals surface area contributed by atoms with E-state index < -0.39 is 0 Å². The van der Waals surface area contributed by atoms with Crippen molar-refractivity contribution in [1.29, 1.82) is 0 Å². The van der Waals surface area contributed by atoms with Crippen LogP contribution in [0.2, 0.25) is 0 Å². The van der Waals surface area contributed by atoms with Crippen LogP contribution in [0.15, 0.2) is 34.4 Å². The molecule has 0 saturated heterocycles. The summed E-state index contributed by atoms with van der Waals surface area (Å²) in [6.45, 7) is 4.22. The number of para-hydroxylation sites is 2. The summed E-state index contributed by atoms with van der Waals surface area (Å²) in [5, 5.41) is 4.51. The highest BCUT2D eigenvalue weighted by Gasteiger charge is 2.10. The Morgan fingerprint density at radius 2 is 2.15 bits per heavy atom. The van der Waals surface area contributed by atoms with E-state index in [0.29, 0.717) is 18.0 Å². The zero-order chi connectivity index (χ0) is 14.5. The standard InChI is InChI=1S/C14H16N2O3S/c1-3-19-12-7-5-4-6-11(12)15-13(17)8-16-10(2)9-20-14(16)18/h4-7,9H,3,8H2,1-2H3,(H,15,17). The molecule has 1 aromatic heterocycles. The predicted octanol–water partition coefficient (Wildman–Crippen LogP) is 2.26. The minimum Gasteiger partial charge on any atom is -0.492 e. The average molecular weight is 292 g/mol. The van der Waals surface area contributed by atoms with E-state index in [1.165, 1.54) is 4.57 Å². The summed E-state index contributed by atoms with van der Waals surface area (Å²) in [5.41, 5.74) is 1.40. The Morgan fingerprint density at radius 3 is 2.80 bits per heavy atom. The molecule has 0 aliphatic carbocycles. The number of carbonyl (C=O) groups excluding carboxylic acids is 1. The van der Waals surface area contributed by atoms with Gasteiger partial charge in [0.25, 0.3) is 0 Å². The summed E-state index contributed by atoms with van der Waals surface area (Å²) in [7, 11) is 0. The van der Waals surface area contributed by atoms with E-state index in [-0.39, 0.29) is 17.3 Å². The highest BCUT2D eigenvalue weighted by atomic mass is 32.1. The summed E-state index contributed by atoms with van der Waals surface area (Å²) in [6.07, 6.45) is 0. The molecule has 5 nitrogen and oxygen atoms in total. The number of hydrogen-bond donors (Lipinski definition) is 1. The quantitative estimate of drug-likeness (QED) is 0.919. The number of amides is 1. The molecule has 2 aromatic rings. The molecule has 0 unspecified atom stereocenters. The molecule has 1 aromatic carbocycles. The third kappa shape index (κ3) is 3.27. The van der Waals surface area contributed by atoms with Gasteiger partial charge < -0.3 is 10.1 Å². The van der Waals surface area contributed by atoms with Crippen molar-refractivity contribution in [3.8, 4) is 5.75 Å². The van der Waals surface area contributed by atoms with Crippen molar-refractivity contribution in [3.63, 3.8) is 0 Å². The van der Waals surface area contributed by atoms with Crippen LogP contribution in [0.1, 0.15) is 12.6 Å². The number of ether oxygens (including phenoxy) is 1. The number of rotatable bonds is 5. The predicted molar refractivity (Wildman–Crippen MR) is 79.6 cm³/mol. The Kier molecular flexibility index (Phi) is 4.57. The Bertz CT molecular complexity index is 660. The first-order chi connectivity index (χ1) is 9.61. The third-order valence-corrected chi connectivity index (χ3v) is 3.62. The summed E-state index contributed by atoms with van der Waals surface area (Å²) < 4.78 is 6.89. The fourth-order valence-electron chi connectivity index (χ4n) is 1.78. The number of nitrogens with zero attached hydrogens (tertiary/aromatic N) is 1. The van der Waals surface area contributed by atoms with Crippen molar-refractivity contribution >= 4 is 22.9 Å². The van der Waals surface area contributed by atoms with E-state index in [4.69, 9.17) is 4.74 Å². The molecule has 0 atom stereocenters. The molecule has 2 rings (SSSR count). The third-order valence-electron chi connectivity index (χ3n) is 2.74. The van der Waals surface area contributed by atoms with Gasteiger partial charge in [-0.1, -0.05) is 23.5 Å². The lowest BCUT2D eigenvalue weighted by atomic mass is 10.3. The van der Waals surface area contributed by atoms with E-state index in [1.807, 2.05) is 19.1 Å². The largest absolute Gasteiger partial charge is 0.492 e. The van der Waals surface area contributed by atoms with Crippen LogP contribution >= 0.6 is 11.3 Å². The fourth-order valence-corrected chi connectivity index (χ4v) is 2.52. The first-order valence-electron chi connectivity index (χ1n) is 6.28. The molecule has 20 heavy (non-hydrogen) atoms. The zero-order valence-electron chi connectivity index (χ0n) is 11.4. The molecule has 0 aliphatic rings. The van der Waals surface area contributed by atoms with E-state index in [0.717, 1.165) is 17.0 Å². The molecule has 0 radical (unpaired) electrons. The number of hydrogen-bond acceptors (Lipinski definition) is 4.